The van der Waals surface area contributed by atoms with E-state index in [1.54, 1.807) is 0 Å². The molecule has 0 spiro atoms. The van der Waals surface area contributed by atoms with Crippen LogP contribution in [0.3, 0.4) is 0 Å². The van der Waals surface area contributed by atoms with Crippen molar-refractivity contribution >= 4 is 5.91 Å². The molecule has 0 heterocycles. The molecule has 0 bridgehead atoms. The molecule has 5 nitrogen and oxygen atoms in total. The number of allylic oxidation sites excluding steroid dienone is 4. The highest BCUT2D eigenvalue weighted by atomic mass is 16.3. The number of rotatable bonds is 65. The van der Waals surface area contributed by atoms with E-state index in [0.717, 1.165) is 38.5 Å². The average molecular weight is 1060 g/mol. The van der Waals surface area contributed by atoms with Crippen LogP contribution in [0.1, 0.15) is 393 Å². The molecule has 0 aliphatic heterocycles. The number of nitrogens with one attached hydrogen (secondary N) is 1. The van der Waals surface area contributed by atoms with Gasteiger partial charge in [-0.15, -0.1) is 0 Å². The van der Waals surface area contributed by atoms with Crippen molar-refractivity contribution in [3.05, 3.63) is 24.3 Å². The van der Waals surface area contributed by atoms with E-state index < -0.39 is 18.2 Å². The number of unbranched alkanes of at least 4 members (excludes halogenated alkanes) is 53. The zero-order valence-electron chi connectivity index (χ0n) is 51.2. The maximum Gasteiger partial charge on any atom is 0.220 e. The molecule has 3 atom stereocenters. The number of aliphatic hydroxyl groups excluding tert-OH is 3. The number of amides is 1. The zero-order chi connectivity index (χ0) is 54.3. The quantitative estimate of drug-likeness (QED) is 0.0361. The second-order valence-electron chi connectivity index (χ2n) is 24.1. The smallest absolute Gasteiger partial charge is 0.220 e. The van der Waals surface area contributed by atoms with Gasteiger partial charge < -0.3 is 20.6 Å². The summed E-state index contributed by atoms with van der Waals surface area (Å²) in [7, 11) is 0. The summed E-state index contributed by atoms with van der Waals surface area (Å²) in [5, 5.41) is 33.9. The Balaban J connectivity index is 3.45. The van der Waals surface area contributed by atoms with Crippen LogP contribution >= 0.6 is 0 Å². The third kappa shape index (κ3) is 60.3. The highest BCUT2D eigenvalue weighted by Crippen LogP contribution is 2.19. The van der Waals surface area contributed by atoms with Crippen LogP contribution in [-0.4, -0.2) is 46.1 Å². The SMILES string of the molecule is CCCCCCCCCCCCCCCCCCC/C=C/CCCC(O)C(O)C(CO)NC(=O)CCCCCCCCCCCCCCCCCCC/C=C\CCCCCCCCCCCCCCCCCCCC. The molecule has 3 unspecified atom stereocenters. The van der Waals surface area contributed by atoms with Crippen LogP contribution in [-0.2, 0) is 4.79 Å². The summed E-state index contributed by atoms with van der Waals surface area (Å²) < 4.78 is 0. The minimum atomic E-state index is -1.16. The monoisotopic (exact) mass is 1060 g/mol. The van der Waals surface area contributed by atoms with E-state index in [2.05, 4.69) is 43.5 Å². The van der Waals surface area contributed by atoms with Gasteiger partial charge in [0, 0.05) is 6.42 Å². The minimum Gasteiger partial charge on any atom is -0.394 e. The first-order valence-corrected chi connectivity index (χ1v) is 34.6. The zero-order valence-corrected chi connectivity index (χ0v) is 51.2. The van der Waals surface area contributed by atoms with E-state index in [-0.39, 0.29) is 12.5 Å². The lowest BCUT2D eigenvalue weighted by molar-refractivity contribution is -0.124. The van der Waals surface area contributed by atoms with Crippen molar-refractivity contribution in [2.24, 2.45) is 0 Å². The van der Waals surface area contributed by atoms with Crippen LogP contribution in [0.2, 0.25) is 0 Å². The van der Waals surface area contributed by atoms with Gasteiger partial charge in [0.25, 0.3) is 0 Å². The number of carbonyl (C=O) groups excluding carboxylic acids is 1. The van der Waals surface area contributed by atoms with Crippen LogP contribution in [0.15, 0.2) is 24.3 Å². The van der Waals surface area contributed by atoms with Crippen molar-refractivity contribution in [1.29, 1.82) is 0 Å². The molecule has 0 saturated carbocycles. The van der Waals surface area contributed by atoms with E-state index in [1.807, 2.05) is 0 Å². The first-order chi connectivity index (χ1) is 37.1. The summed E-state index contributed by atoms with van der Waals surface area (Å²) in [5.41, 5.74) is 0. The standard InChI is InChI=1S/C70H137NO4/c1-3-5-7-9-11-13-15-17-19-21-23-25-27-28-29-30-31-32-33-34-35-36-37-38-39-40-41-42-43-45-47-49-51-53-55-57-59-61-63-65-69(74)71-67(66-72)70(75)68(73)64-62-60-58-56-54-52-50-48-46-44-26-24-22-20-18-16-14-12-10-8-6-4-2/h34-35,56,58,67-68,70,72-73,75H,3-33,36-55,57,59-66H2,1-2H3,(H,71,74)/b35-34-,58-56+. The van der Waals surface area contributed by atoms with Crippen molar-refractivity contribution in [2.75, 3.05) is 6.61 Å². The molecule has 0 aliphatic carbocycles. The van der Waals surface area contributed by atoms with Gasteiger partial charge in [-0.25, -0.2) is 0 Å². The number of hydrogen-bond donors (Lipinski definition) is 4. The lowest BCUT2D eigenvalue weighted by Crippen LogP contribution is -2.50. The van der Waals surface area contributed by atoms with Gasteiger partial charge >= 0.3 is 0 Å². The van der Waals surface area contributed by atoms with Gasteiger partial charge in [0.2, 0.25) is 5.91 Å². The summed E-state index contributed by atoms with van der Waals surface area (Å²) >= 11 is 0. The fourth-order valence-corrected chi connectivity index (χ4v) is 11.2. The predicted molar refractivity (Wildman–Crippen MR) is 333 cm³/mol. The predicted octanol–water partition coefficient (Wildman–Crippen LogP) is 22.4. The first-order valence-electron chi connectivity index (χ1n) is 34.6. The van der Waals surface area contributed by atoms with Crippen molar-refractivity contribution < 1.29 is 20.1 Å². The number of carbonyl (C=O) groups is 1. The Bertz CT molecular complexity index is 1120. The fraction of sp³-hybridized carbons (Fsp3) is 0.929. The summed E-state index contributed by atoms with van der Waals surface area (Å²) in [6.07, 6.45) is 85.5. The maximum absolute atomic E-state index is 12.6. The summed E-state index contributed by atoms with van der Waals surface area (Å²) in [6.45, 7) is 4.22. The summed E-state index contributed by atoms with van der Waals surface area (Å²) in [5.74, 6) is -0.146. The fourth-order valence-electron chi connectivity index (χ4n) is 11.2. The van der Waals surface area contributed by atoms with Crippen LogP contribution in [0, 0.1) is 0 Å². The molecule has 0 aromatic heterocycles. The summed E-state index contributed by atoms with van der Waals surface area (Å²) in [4.78, 5) is 12.6. The molecular formula is C70H137NO4. The van der Waals surface area contributed by atoms with E-state index in [1.165, 1.54) is 327 Å². The molecule has 0 fully saturated rings. The topological polar surface area (TPSA) is 89.8 Å². The molecule has 0 saturated heterocycles. The normalized spacial score (nSPS) is 13.2. The molecule has 4 N–H and O–H groups in total. The highest BCUT2D eigenvalue weighted by molar-refractivity contribution is 5.76. The largest absolute Gasteiger partial charge is 0.394 e. The molecule has 0 aliphatic rings. The van der Waals surface area contributed by atoms with Crippen molar-refractivity contribution in [3.8, 4) is 0 Å². The van der Waals surface area contributed by atoms with Gasteiger partial charge in [-0.2, -0.15) is 0 Å². The van der Waals surface area contributed by atoms with Crippen molar-refractivity contribution in [3.63, 3.8) is 0 Å². The van der Waals surface area contributed by atoms with Gasteiger partial charge in [-0.3, -0.25) is 4.79 Å². The lowest BCUT2D eigenvalue weighted by Gasteiger charge is -2.26. The van der Waals surface area contributed by atoms with Gasteiger partial charge in [-0.05, 0) is 64.2 Å². The second kappa shape index (κ2) is 65.3. The lowest BCUT2D eigenvalue weighted by atomic mass is 10.0. The third-order valence-electron chi connectivity index (χ3n) is 16.5. The van der Waals surface area contributed by atoms with Crippen LogP contribution in [0.25, 0.3) is 0 Å². The molecule has 446 valence electrons. The van der Waals surface area contributed by atoms with Crippen LogP contribution in [0.5, 0.6) is 0 Å². The molecule has 1 amide bonds. The Morgan fingerprint density at radius 1 is 0.320 bits per heavy atom. The second-order valence-corrected chi connectivity index (χ2v) is 24.1. The Hall–Kier alpha value is -1.17. The molecule has 0 rings (SSSR count). The summed E-state index contributed by atoms with van der Waals surface area (Å²) in [6, 6.07) is -0.825. The molecule has 0 aromatic rings. The molecular weight excluding hydrogens is 919 g/mol. The van der Waals surface area contributed by atoms with Gasteiger partial charge in [-0.1, -0.05) is 346 Å². The average Bonchev–Trinajstić information content (AvgIpc) is 3.41. The van der Waals surface area contributed by atoms with Crippen LogP contribution < -0.4 is 5.32 Å². The Labute approximate surface area is 471 Å². The molecule has 5 heteroatoms. The molecule has 75 heavy (non-hydrogen) atoms. The maximum atomic E-state index is 12.6. The van der Waals surface area contributed by atoms with E-state index in [0.29, 0.717) is 12.8 Å². The van der Waals surface area contributed by atoms with Gasteiger partial charge in [0.1, 0.15) is 6.10 Å². The van der Waals surface area contributed by atoms with E-state index in [4.69, 9.17) is 0 Å². The van der Waals surface area contributed by atoms with Gasteiger partial charge in [0.05, 0.1) is 18.8 Å². The highest BCUT2D eigenvalue weighted by Gasteiger charge is 2.26. The third-order valence-corrected chi connectivity index (χ3v) is 16.5. The van der Waals surface area contributed by atoms with E-state index >= 15 is 0 Å². The number of hydrogen-bond acceptors (Lipinski definition) is 4. The Morgan fingerprint density at radius 2 is 0.533 bits per heavy atom. The first kappa shape index (κ1) is 73.8. The van der Waals surface area contributed by atoms with Gasteiger partial charge in [0.15, 0.2) is 0 Å². The van der Waals surface area contributed by atoms with E-state index in [9.17, 15) is 20.1 Å². The molecule has 0 aromatic carbocycles. The minimum absolute atomic E-state index is 0.146. The van der Waals surface area contributed by atoms with Crippen molar-refractivity contribution in [1.82, 2.24) is 5.32 Å². The molecule has 0 radical (unpaired) electrons. The van der Waals surface area contributed by atoms with Crippen molar-refractivity contribution in [2.45, 2.75) is 411 Å². The Morgan fingerprint density at radius 3 is 0.773 bits per heavy atom. The Kier molecular flexibility index (Phi) is 64.3. The number of aliphatic hydroxyl groups is 3. The van der Waals surface area contributed by atoms with Crippen LogP contribution in [0.4, 0.5) is 0 Å².